The molecule has 3 amide bonds. The highest BCUT2D eigenvalue weighted by atomic mass is 35.5. The van der Waals surface area contributed by atoms with Crippen LogP contribution in [0.5, 0.6) is 11.5 Å². The van der Waals surface area contributed by atoms with Gasteiger partial charge in [0.15, 0.2) is 11.5 Å². The molecule has 25 heavy (non-hydrogen) atoms. The topological polar surface area (TPSA) is 78.9 Å². The average Bonchev–Trinajstić information content (AvgIpc) is 2.85. The van der Waals surface area contributed by atoms with Crippen molar-refractivity contribution in [2.75, 3.05) is 11.5 Å². The van der Waals surface area contributed by atoms with Crippen molar-refractivity contribution in [1.82, 2.24) is 5.32 Å². The summed E-state index contributed by atoms with van der Waals surface area (Å²) in [6.45, 7) is 2.19. The third kappa shape index (κ3) is 3.29. The summed E-state index contributed by atoms with van der Waals surface area (Å²) in [6.07, 6.45) is 1.41. The lowest BCUT2D eigenvalue weighted by atomic mass is 10.1. The molecule has 3 rings (SSSR count). The van der Waals surface area contributed by atoms with E-state index >= 15 is 0 Å². The van der Waals surface area contributed by atoms with Gasteiger partial charge in [-0.3, -0.25) is 4.79 Å². The summed E-state index contributed by atoms with van der Waals surface area (Å²) in [7, 11) is 0. The molecule has 1 aliphatic rings. The van der Waals surface area contributed by atoms with E-state index in [9.17, 15) is 14.7 Å². The molecule has 2 aromatic rings. The van der Waals surface area contributed by atoms with E-state index in [4.69, 9.17) is 16.3 Å². The normalized spacial score (nSPS) is 15.6. The molecule has 0 bridgehead atoms. The lowest BCUT2D eigenvalue weighted by Gasteiger charge is -2.11. The van der Waals surface area contributed by atoms with Crippen molar-refractivity contribution in [3.8, 4) is 11.5 Å². The van der Waals surface area contributed by atoms with Crippen LogP contribution in [0.4, 0.5) is 10.5 Å². The van der Waals surface area contributed by atoms with E-state index in [0.717, 1.165) is 4.90 Å². The molecular weight excluding hydrogens is 344 g/mol. The molecule has 0 unspecified atom stereocenters. The number of halogens is 1. The van der Waals surface area contributed by atoms with Gasteiger partial charge in [0.2, 0.25) is 0 Å². The van der Waals surface area contributed by atoms with Crippen LogP contribution >= 0.6 is 11.6 Å². The van der Waals surface area contributed by atoms with Crippen LogP contribution in [0.3, 0.4) is 0 Å². The molecule has 1 heterocycles. The number of amides is 3. The van der Waals surface area contributed by atoms with E-state index in [2.05, 4.69) is 5.32 Å². The molecule has 0 atom stereocenters. The zero-order valence-electron chi connectivity index (χ0n) is 13.3. The third-order valence-electron chi connectivity index (χ3n) is 3.57. The summed E-state index contributed by atoms with van der Waals surface area (Å²) in [4.78, 5) is 25.7. The van der Waals surface area contributed by atoms with Crippen molar-refractivity contribution in [3.05, 3.63) is 58.7 Å². The Morgan fingerprint density at radius 3 is 2.72 bits per heavy atom. The Hall–Kier alpha value is -2.99. The lowest BCUT2D eigenvalue weighted by Crippen LogP contribution is -2.30. The average molecular weight is 359 g/mol. The molecule has 0 saturated carbocycles. The summed E-state index contributed by atoms with van der Waals surface area (Å²) in [6, 6.07) is 10.8. The number of nitrogens with zero attached hydrogens (tertiary/aromatic N) is 1. The summed E-state index contributed by atoms with van der Waals surface area (Å²) >= 11 is 5.92. The second-order valence-corrected chi connectivity index (χ2v) is 5.67. The number of hydrogen-bond donors (Lipinski definition) is 2. The Morgan fingerprint density at radius 2 is 2.00 bits per heavy atom. The number of benzene rings is 2. The standard InChI is InChI=1S/C18H15ClN2O4/c1-2-25-15-8-3-5-11(16(15)22)9-14-17(23)21(18(24)20-14)13-7-4-6-12(19)10-13/h3-10,22H,2H2,1H3,(H,20,24). The van der Waals surface area contributed by atoms with Gasteiger partial charge in [0.1, 0.15) is 5.70 Å². The molecule has 1 aliphatic heterocycles. The first-order chi connectivity index (χ1) is 12.0. The van der Waals surface area contributed by atoms with Gasteiger partial charge in [-0.2, -0.15) is 0 Å². The number of nitrogens with one attached hydrogen (secondary N) is 1. The van der Waals surface area contributed by atoms with Crippen molar-refractivity contribution < 1.29 is 19.4 Å². The monoisotopic (exact) mass is 358 g/mol. The molecule has 1 fully saturated rings. The molecule has 1 saturated heterocycles. The first kappa shape index (κ1) is 16.9. The van der Waals surface area contributed by atoms with Gasteiger partial charge in [0.25, 0.3) is 5.91 Å². The number of rotatable bonds is 4. The molecule has 7 heteroatoms. The van der Waals surface area contributed by atoms with Crippen molar-refractivity contribution in [2.24, 2.45) is 0 Å². The van der Waals surface area contributed by atoms with Crippen molar-refractivity contribution in [3.63, 3.8) is 0 Å². The Morgan fingerprint density at radius 1 is 1.24 bits per heavy atom. The van der Waals surface area contributed by atoms with E-state index in [1.807, 2.05) is 0 Å². The number of anilines is 1. The second-order valence-electron chi connectivity index (χ2n) is 5.24. The Balaban J connectivity index is 1.95. The van der Waals surface area contributed by atoms with Crippen LogP contribution < -0.4 is 15.0 Å². The maximum absolute atomic E-state index is 12.6. The number of para-hydroxylation sites is 1. The number of phenols is 1. The van der Waals surface area contributed by atoms with Gasteiger partial charge >= 0.3 is 6.03 Å². The number of phenolic OH excluding ortho intramolecular Hbond substituents is 1. The molecule has 128 valence electrons. The van der Waals surface area contributed by atoms with Crippen LogP contribution in [0, 0.1) is 0 Å². The van der Waals surface area contributed by atoms with Crippen LogP contribution in [0.25, 0.3) is 6.08 Å². The van der Waals surface area contributed by atoms with Crippen molar-refractivity contribution in [1.29, 1.82) is 0 Å². The maximum atomic E-state index is 12.6. The van der Waals surface area contributed by atoms with Crippen LogP contribution in [0.1, 0.15) is 12.5 Å². The van der Waals surface area contributed by atoms with Gasteiger partial charge in [0, 0.05) is 10.6 Å². The number of carbonyl (C=O) groups excluding carboxylic acids is 2. The molecule has 2 N–H and O–H groups in total. The molecule has 0 aliphatic carbocycles. The molecule has 0 radical (unpaired) electrons. The highest BCUT2D eigenvalue weighted by Gasteiger charge is 2.35. The van der Waals surface area contributed by atoms with Crippen LogP contribution in [-0.2, 0) is 4.79 Å². The minimum Gasteiger partial charge on any atom is -0.504 e. The number of carbonyl (C=O) groups is 2. The van der Waals surface area contributed by atoms with Gasteiger partial charge in [-0.15, -0.1) is 0 Å². The molecule has 6 nitrogen and oxygen atoms in total. The smallest absolute Gasteiger partial charge is 0.333 e. The van der Waals surface area contributed by atoms with Gasteiger partial charge in [-0.25, -0.2) is 9.69 Å². The minimum atomic E-state index is -0.584. The highest BCUT2D eigenvalue weighted by Crippen LogP contribution is 2.32. The van der Waals surface area contributed by atoms with Crippen molar-refractivity contribution in [2.45, 2.75) is 6.92 Å². The predicted molar refractivity (Wildman–Crippen MR) is 94.7 cm³/mol. The summed E-state index contributed by atoms with van der Waals surface area (Å²) in [5.74, 6) is -0.325. The maximum Gasteiger partial charge on any atom is 0.333 e. The van der Waals surface area contributed by atoms with E-state index in [0.29, 0.717) is 28.6 Å². The SMILES string of the molecule is CCOc1cccc(C=C2NC(=O)N(c3cccc(Cl)c3)C2=O)c1O. The van der Waals surface area contributed by atoms with Gasteiger partial charge in [-0.1, -0.05) is 29.8 Å². The van der Waals surface area contributed by atoms with Crippen LogP contribution in [-0.4, -0.2) is 23.7 Å². The Kier molecular flexibility index (Phi) is 4.63. The second kappa shape index (κ2) is 6.86. The Bertz CT molecular complexity index is 879. The van der Waals surface area contributed by atoms with Crippen LogP contribution in [0.15, 0.2) is 48.2 Å². The number of urea groups is 1. The predicted octanol–water partition coefficient (Wildman–Crippen LogP) is 3.54. The van der Waals surface area contributed by atoms with Crippen LogP contribution in [0.2, 0.25) is 5.02 Å². The third-order valence-corrected chi connectivity index (χ3v) is 3.81. The summed E-state index contributed by atoms with van der Waals surface area (Å²) in [5.41, 5.74) is 0.780. The first-order valence-electron chi connectivity index (χ1n) is 7.58. The number of aromatic hydroxyl groups is 1. The fourth-order valence-electron chi connectivity index (χ4n) is 2.47. The Labute approximate surface area is 149 Å². The fourth-order valence-corrected chi connectivity index (χ4v) is 2.65. The number of imide groups is 1. The highest BCUT2D eigenvalue weighted by molar-refractivity contribution is 6.32. The molecule has 0 spiro atoms. The quantitative estimate of drug-likeness (QED) is 0.647. The van der Waals surface area contributed by atoms with E-state index < -0.39 is 11.9 Å². The van der Waals surface area contributed by atoms with E-state index in [-0.39, 0.29) is 11.4 Å². The van der Waals surface area contributed by atoms with Gasteiger partial charge in [-0.05, 0) is 37.3 Å². The summed E-state index contributed by atoms with van der Waals surface area (Å²) < 4.78 is 5.32. The minimum absolute atomic E-state index is 0.0499. The zero-order valence-corrected chi connectivity index (χ0v) is 14.1. The van der Waals surface area contributed by atoms with Crippen molar-refractivity contribution >= 4 is 35.3 Å². The van der Waals surface area contributed by atoms with Gasteiger partial charge < -0.3 is 15.2 Å². The molecule has 0 aromatic heterocycles. The first-order valence-corrected chi connectivity index (χ1v) is 7.96. The molecular formula is C18H15ClN2O4. The fraction of sp³-hybridized carbons (Fsp3) is 0.111. The molecule has 2 aromatic carbocycles. The van der Waals surface area contributed by atoms with Gasteiger partial charge in [0.05, 0.1) is 12.3 Å². The summed E-state index contributed by atoms with van der Waals surface area (Å²) in [5, 5.41) is 13.1. The number of ether oxygens (including phenoxy) is 1. The zero-order chi connectivity index (χ0) is 18.0. The number of hydrogen-bond acceptors (Lipinski definition) is 4. The lowest BCUT2D eigenvalue weighted by molar-refractivity contribution is -0.113. The van der Waals surface area contributed by atoms with E-state index in [1.54, 1.807) is 43.3 Å². The largest absolute Gasteiger partial charge is 0.504 e. The van der Waals surface area contributed by atoms with E-state index in [1.165, 1.54) is 12.1 Å².